The second kappa shape index (κ2) is 4.74. The molecule has 3 fully saturated rings. The molecule has 3 rings (SSSR count). The fourth-order valence-electron chi connectivity index (χ4n) is 3.81. The Hall–Kier alpha value is -0.610. The lowest BCUT2D eigenvalue weighted by atomic mass is 9.78. The van der Waals surface area contributed by atoms with Crippen LogP contribution in [0.25, 0.3) is 0 Å². The van der Waals surface area contributed by atoms with Crippen molar-refractivity contribution in [2.45, 2.75) is 62.5 Å². The number of hydrogen-bond donors (Lipinski definition) is 2. The normalized spacial score (nSPS) is 28.8. The molecule has 0 aromatic rings. The topological polar surface area (TPSA) is 52.6 Å². The molecule has 1 aliphatic heterocycles. The van der Waals surface area contributed by atoms with Crippen molar-refractivity contribution in [3.05, 3.63) is 0 Å². The Balaban J connectivity index is 1.53. The standard InChI is InChI=1S/C15H26N2O2/c1-16-14(7-3-2-4-8-14)9-13(18)17-10-15(19,11-17)12-5-6-12/h12,16,19H,2-11H2,1H3. The number of hydrogen-bond acceptors (Lipinski definition) is 3. The molecule has 0 spiro atoms. The number of likely N-dealkylation sites (tertiary alicyclic amines) is 1. The van der Waals surface area contributed by atoms with E-state index in [9.17, 15) is 9.90 Å². The first kappa shape index (κ1) is 13.4. The largest absolute Gasteiger partial charge is 0.386 e. The summed E-state index contributed by atoms with van der Waals surface area (Å²) in [6.45, 7) is 1.13. The number of β-amino-alcohol motifs (C(OH)–C–C–N with tert-alkyl or cyclic N) is 1. The third kappa shape index (κ3) is 2.52. The van der Waals surface area contributed by atoms with Gasteiger partial charge in [-0.1, -0.05) is 19.3 Å². The molecule has 1 amide bonds. The Kier molecular flexibility index (Phi) is 3.34. The highest BCUT2D eigenvalue weighted by atomic mass is 16.3. The van der Waals surface area contributed by atoms with Gasteiger partial charge in [0.1, 0.15) is 5.60 Å². The monoisotopic (exact) mass is 266 g/mol. The maximum absolute atomic E-state index is 12.4. The van der Waals surface area contributed by atoms with Gasteiger partial charge < -0.3 is 15.3 Å². The van der Waals surface area contributed by atoms with Crippen LogP contribution >= 0.6 is 0 Å². The van der Waals surface area contributed by atoms with E-state index in [0.717, 1.165) is 25.7 Å². The smallest absolute Gasteiger partial charge is 0.224 e. The van der Waals surface area contributed by atoms with Crippen molar-refractivity contribution in [2.75, 3.05) is 20.1 Å². The van der Waals surface area contributed by atoms with Gasteiger partial charge in [-0.15, -0.1) is 0 Å². The predicted octanol–water partition coefficient (Wildman–Crippen LogP) is 1.28. The van der Waals surface area contributed by atoms with Gasteiger partial charge in [0.05, 0.1) is 13.1 Å². The molecule has 1 saturated heterocycles. The molecule has 3 aliphatic rings. The lowest BCUT2D eigenvalue weighted by Crippen LogP contribution is -2.65. The summed E-state index contributed by atoms with van der Waals surface area (Å²) in [5.74, 6) is 0.686. The number of carbonyl (C=O) groups excluding carboxylic acids is 1. The molecule has 4 nitrogen and oxygen atoms in total. The average Bonchev–Trinajstić information content (AvgIpc) is 3.20. The van der Waals surface area contributed by atoms with E-state index < -0.39 is 5.60 Å². The summed E-state index contributed by atoms with van der Waals surface area (Å²) >= 11 is 0. The van der Waals surface area contributed by atoms with Crippen molar-refractivity contribution in [3.8, 4) is 0 Å². The van der Waals surface area contributed by atoms with Crippen LogP contribution in [0.2, 0.25) is 0 Å². The van der Waals surface area contributed by atoms with E-state index in [-0.39, 0.29) is 11.4 Å². The summed E-state index contributed by atoms with van der Waals surface area (Å²) in [4.78, 5) is 14.2. The highest BCUT2D eigenvalue weighted by Crippen LogP contribution is 2.45. The van der Waals surface area contributed by atoms with Crippen LogP contribution in [-0.2, 0) is 4.79 Å². The zero-order valence-electron chi connectivity index (χ0n) is 12.0. The Morgan fingerprint density at radius 3 is 2.42 bits per heavy atom. The van der Waals surface area contributed by atoms with Crippen LogP contribution in [0, 0.1) is 5.92 Å². The quantitative estimate of drug-likeness (QED) is 0.806. The molecular formula is C15H26N2O2. The third-order valence-electron chi connectivity index (χ3n) is 5.45. The molecule has 4 heteroatoms. The van der Waals surface area contributed by atoms with E-state index in [1.54, 1.807) is 0 Å². The fraction of sp³-hybridized carbons (Fsp3) is 0.933. The summed E-state index contributed by atoms with van der Waals surface area (Å²) in [7, 11) is 1.98. The minimum atomic E-state index is -0.547. The van der Waals surface area contributed by atoms with Crippen LogP contribution in [0.4, 0.5) is 0 Å². The molecule has 108 valence electrons. The molecule has 0 unspecified atom stereocenters. The molecule has 2 aliphatic carbocycles. The number of carbonyl (C=O) groups is 1. The maximum Gasteiger partial charge on any atom is 0.224 e. The first-order valence-corrected chi connectivity index (χ1v) is 7.76. The molecule has 0 aromatic carbocycles. The zero-order valence-corrected chi connectivity index (χ0v) is 12.0. The van der Waals surface area contributed by atoms with E-state index in [1.807, 2.05) is 11.9 Å². The molecule has 19 heavy (non-hydrogen) atoms. The summed E-state index contributed by atoms with van der Waals surface area (Å²) < 4.78 is 0. The summed E-state index contributed by atoms with van der Waals surface area (Å²) in [5, 5.41) is 13.7. The van der Waals surface area contributed by atoms with Gasteiger partial charge in [-0.05, 0) is 38.6 Å². The Labute approximate surface area is 115 Å². The van der Waals surface area contributed by atoms with E-state index in [0.29, 0.717) is 25.4 Å². The molecule has 0 atom stereocenters. The Morgan fingerprint density at radius 1 is 1.26 bits per heavy atom. The van der Waals surface area contributed by atoms with Gasteiger partial charge in [0.25, 0.3) is 0 Å². The number of rotatable bonds is 4. The minimum Gasteiger partial charge on any atom is -0.386 e. The second-order valence-electron chi connectivity index (χ2n) is 6.90. The average molecular weight is 266 g/mol. The van der Waals surface area contributed by atoms with Crippen LogP contribution in [0.1, 0.15) is 51.4 Å². The van der Waals surface area contributed by atoms with Crippen LogP contribution in [0.15, 0.2) is 0 Å². The molecule has 0 radical (unpaired) electrons. The number of nitrogens with zero attached hydrogens (tertiary/aromatic N) is 1. The number of amides is 1. The maximum atomic E-state index is 12.4. The third-order valence-corrected chi connectivity index (χ3v) is 5.45. The van der Waals surface area contributed by atoms with Gasteiger partial charge in [0, 0.05) is 12.0 Å². The Bertz CT molecular complexity index is 353. The second-order valence-corrected chi connectivity index (χ2v) is 6.90. The molecule has 2 N–H and O–H groups in total. The van der Waals surface area contributed by atoms with Gasteiger partial charge in [0.2, 0.25) is 5.91 Å². The van der Waals surface area contributed by atoms with E-state index in [4.69, 9.17) is 0 Å². The highest BCUT2D eigenvalue weighted by molar-refractivity contribution is 5.78. The minimum absolute atomic E-state index is 0.0165. The first-order valence-electron chi connectivity index (χ1n) is 7.76. The van der Waals surface area contributed by atoms with Crippen LogP contribution in [0.3, 0.4) is 0 Å². The lowest BCUT2D eigenvalue weighted by molar-refractivity contribution is -0.161. The zero-order chi connectivity index (χ0) is 13.5. The van der Waals surface area contributed by atoms with Gasteiger partial charge in [-0.2, -0.15) is 0 Å². The molecule has 0 bridgehead atoms. The SMILES string of the molecule is CNC1(CC(=O)N2CC(O)(C3CC3)C2)CCCCC1. The van der Waals surface area contributed by atoms with Crippen molar-refractivity contribution in [3.63, 3.8) is 0 Å². The Morgan fingerprint density at radius 2 is 1.89 bits per heavy atom. The van der Waals surface area contributed by atoms with Crippen molar-refractivity contribution in [1.29, 1.82) is 0 Å². The highest BCUT2D eigenvalue weighted by Gasteiger charge is 2.53. The number of nitrogens with one attached hydrogen (secondary N) is 1. The summed E-state index contributed by atoms with van der Waals surface area (Å²) in [6, 6.07) is 0. The van der Waals surface area contributed by atoms with Gasteiger partial charge in [0.15, 0.2) is 0 Å². The predicted molar refractivity (Wildman–Crippen MR) is 73.7 cm³/mol. The summed E-state index contributed by atoms with van der Waals surface area (Å²) in [5.41, 5.74) is -0.530. The molecular weight excluding hydrogens is 240 g/mol. The van der Waals surface area contributed by atoms with E-state index in [2.05, 4.69) is 5.32 Å². The number of aliphatic hydroxyl groups is 1. The van der Waals surface area contributed by atoms with Gasteiger partial charge in [-0.3, -0.25) is 4.79 Å². The van der Waals surface area contributed by atoms with Crippen LogP contribution in [0.5, 0.6) is 0 Å². The van der Waals surface area contributed by atoms with Gasteiger partial charge >= 0.3 is 0 Å². The van der Waals surface area contributed by atoms with Crippen LogP contribution < -0.4 is 5.32 Å². The van der Waals surface area contributed by atoms with Crippen molar-refractivity contribution in [1.82, 2.24) is 10.2 Å². The lowest BCUT2D eigenvalue weighted by Gasteiger charge is -2.48. The summed E-state index contributed by atoms with van der Waals surface area (Å²) in [6.07, 6.45) is 8.83. The van der Waals surface area contributed by atoms with E-state index in [1.165, 1.54) is 19.3 Å². The molecule has 1 heterocycles. The molecule has 2 saturated carbocycles. The van der Waals surface area contributed by atoms with Gasteiger partial charge in [-0.25, -0.2) is 0 Å². The van der Waals surface area contributed by atoms with Crippen molar-refractivity contribution >= 4 is 5.91 Å². The molecule has 0 aromatic heterocycles. The van der Waals surface area contributed by atoms with Crippen molar-refractivity contribution < 1.29 is 9.90 Å². The van der Waals surface area contributed by atoms with Crippen molar-refractivity contribution in [2.24, 2.45) is 5.92 Å². The first-order chi connectivity index (χ1) is 9.07. The van der Waals surface area contributed by atoms with E-state index >= 15 is 0 Å². The van der Waals surface area contributed by atoms with Crippen LogP contribution in [-0.4, -0.2) is 47.2 Å². The fourth-order valence-corrected chi connectivity index (χ4v) is 3.81.